The minimum Gasteiger partial charge on any atom is -0.404 e. The van der Waals surface area contributed by atoms with Gasteiger partial charge in [-0.05, 0) is 20.4 Å². The van der Waals surface area contributed by atoms with Gasteiger partial charge in [-0.25, -0.2) is 0 Å². The molecule has 1 nitrogen and oxygen atoms in total. The summed E-state index contributed by atoms with van der Waals surface area (Å²) >= 11 is 3.33. The summed E-state index contributed by atoms with van der Waals surface area (Å²) in [4.78, 5) is 1.87. The lowest BCUT2D eigenvalue weighted by Gasteiger charge is -2.42. The standard InChI is InChI=1S/C19H23BrOSi/c1-19(2,3)22(21-16-10-15-20,17-11-6-4-7-12-17)18-13-8-5-9-14-18/h4-15H,16H2,1-3H3/b15-10+. The summed E-state index contributed by atoms with van der Waals surface area (Å²) in [7, 11) is -2.36. The molecule has 0 spiro atoms. The van der Waals surface area contributed by atoms with Crippen molar-refractivity contribution in [2.75, 3.05) is 6.61 Å². The van der Waals surface area contributed by atoms with Gasteiger partial charge in [0.2, 0.25) is 0 Å². The quantitative estimate of drug-likeness (QED) is 0.701. The molecule has 2 rings (SSSR count). The Bertz CT molecular complexity index is 563. The highest BCUT2D eigenvalue weighted by atomic mass is 79.9. The van der Waals surface area contributed by atoms with Crippen molar-refractivity contribution < 1.29 is 4.43 Å². The van der Waals surface area contributed by atoms with Crippen molar-refractivity contribution >= 4 is 34.6 Å². The number of rotatable bonds is 5. The second kappa shape index (κ2) is 7.40. The van der Waals surface area contributed by atoms with E-state index in [0.717, 1.165) is 0 Å². The van der Waals surface area contributed by atoms with Crippen LogP contribution in [0.3, 0.4) is 0 Å². The minimum absolute atomic E-state index is 0.0376. The second-order valence-electron chi connectivity index (χ2n) is 6.34. The minimum atomic E-state index is -2.36. The molecule has 116 valence electrons. The second-order valence-corrected chi connectivity index (χ2v) is 11.2. The van der Waals surface area contributed by atoms with E-state index in [1.807, 2.05) is 11.1 Å². The van der Waals surface area contributed by atoms with Crippen molar-refractivity contribution in [3.63, 3.8) is 0 Å². The molecule has 3 heteroatoms. The van der Waals surface area contributed by atoms with E-state index in [4.69, 9.17) is 4.43 Å². The molecule has 0 aliphatic heterocycles. The molecule has 0 aromatic heterocycles. The first-order chi connectivity index (χ1) is 10.5. The monoisotopic (exact) mass is 374 g/mol. The Kier molecular flexibility index (Phi) is 5.79. The van der Waals surface area contributed by atoms with E-state index in [-0.39, 0.29) is 5.04 Å². The van der Waals surface area contributed by atoms with E-state index in [1.165, 1.54) is 10.4 Å². The van der Waals surface area contributed by atoms with Gasteiger partial charge in [-0.3, -0.25) is 0 Å². The summed E-state index contributed by atoms with van der Waals surface area (Å²) in [6.07, 6.45) is 2.01. The number of halogens is 1. The van der Waals surface area contributed by atoms with Gasteiger partial charge in [0.25, 0.3) is 8.32 Å². The molecule has 0 saturated heterocycles. The van der Waals surface area contributed by atoms with Crippen LogP contribution in [0, 0.1) is 0 Å². The van der Waals surface area contributed by atoms with Gasteiger partial charge in [0.15, 0.2) is 0 Å². The van der Waals surface area contributed by atoms with Gasteiger partial charge < -0.3 is 4.43 Å². The zero-order chi connectivity index (χ0) is 16.1. The lowest BCUT2D eigenvalue weighted by atomic mass is 10.2. The van der Waals surface area contributed by atoms with Crippen LogP contribution in [0.1, 0.15) is 20.8 Å². The number of hydrogen-bond acceptors (Lipinski definition) is 1. The van der Waals surface area contributed by atoms with Crippen molar-refractivity contribution in [3.05, 3.63) is 71.7 Å². The fourth-order valence-electron chi connectivity index (χ4n) is 2.97. The molecule has 22 heavy (non-hydrogen) atoms. The molecule has 0 radical (unpaired) electrons. The highest BCUT2D eigenvalue weighted by molar-refractivity contribution is 9.11. The zero-order valence-electron chi connectivity index (χ0n) is 13.4. The lowest BCUT2D eigenvalue weighted by Crippen LogP contribution is -2.66. The van der Waals surface area contributed by atoms with Gasteiger partial charge in [0.1, 0.15) is 0 Å². The highest BCUT2D eigenvalue weighted by Crippen LogP contribution is 2.36. The molecule has 0 amide bonds. The lowest BCUT2D eigenvalue weighted by molar-refractivity contribution is 0.339. The summed E-state index contributed by atoms with van der Waals surface area (Å²) in [5, 5.41) is 2.67. The Hall–Kier alpha value is -1.16. The maximum Gasteiger partial charge on any atom is 0.261 e. The zero-order valence-corrected chi connectivity index (χ0v) is 16.0. The van der Waals surface area contributed by atoms with Crippen molar-refractivity contribution in [1.82, 2.24) is 0 Å². The third-order valence-corrected chi connectivity index (χ3v) is 9.28. The normalized spacial score (nSPS) is 12.7. The average molecular weight is 375 g/mol. The maximum absolute atomic E-state index is 6.63. The predicted molar refractivity (Wildman–Crippen MR) is 102 cm³/mol. The van der Waals surface area contributed by atoms with Crippen LogP contribution in [0.25, 0.3) is 0 Å². The van der Waals surface area contributed by atoms with E-state index < -0.39 is 8.32 Å². The molecule has 0 saturated carbocycles. The number of hydrogen-bond donors (Lipinski definition) is 0. The van der Waals surface area contributed by atoms with Crippen LogP contribution in [-0.2, 0) is 4.43 Å². The van der Waals surface area contributed by atoms with Crippen LogP contribution in [0.4, 0.5) is 0 Å². The molecule has 0 N–H and O–H groups in total. The Labute approximate surface area is 143 Å². The number of benzene rings is 2. The molecule has 0 aliphatic rings. The Morgan fingerprint density at radius 1 is 0.909 bits per heavy atom. The SMILES string of the molecule is CC(C)(C)[Si](OC/C=C/Br)(c1ccccc1)c1ccccc1. The molecular formula is C19H23BrOSi. The molecule has 2 aromatic carbocycles. The van der Waals surface area contributed by atoms with Crippen molar-refractivity contribution in [1.29, 1.82) is 0 Å². The predicted octanol–water partition coefficient (Wildman–Crippen LogP) is 4.47. The van der Waals surface area contributed by atoms with Gasteiger partial charge in [-0.15, -0.1) is 0 Å². The molecule has 0 aliphatic carbocycles. The fraction of sp³-hybridized carbons (Fsp3) is 0.263. The molecule has 0 atom stereocenters. The van der Waals surface area contributed by atoms with Crippen LogP contribution in [0.2, 0.25) is 5.04 Å². The van der Waals surface area contributed by atoms with Gasteiger partial charge in [-0.1, -0.05) is 103 Å². The summed E-state index contributed by atoms with van der Waals surface area (Å²) < 4.78 is 6.63. The van der Waals surface area contributed by atoms with Crippen LogP contribution >= 0.6 is 15.9 Å². The van der Waals surface area contributed by atoms with Gasteiger partial charge >= 0.3 is 0 Å². The van der Waals surface area contributed by atoms with Gasteiger partial charge in [0, 0.05) is 0 Å². The fourth-order valence-corrected chi connectivity index (χ4v) is 7.63. The Balaban J connectivity index is 2.64. The van der Waals surface area contributed by atoms with Crippen molar-refractivity contribution in [2.45, 2.75) is 25.8 Å². The molecule has 0 heterocycles. The molecular weight excluding hydrogens is 352 g/mol. The largest absolute Gasteiger partial charge is 0.404 e. The maximum atomic E-state index is 6.63. The topological polar surface area (TPSA) is 9.23 Å². The van der Waals surface area contributed by atoms with Gasteiger partial charge in [-0.2, -0.15) is 0 Å². The van der Waals surface area contributed by atoms with Crippen LogP contribution in [0.5, 0.6) is 0 Å². The Morgan fingerprint density at radius 3 is 1.73 bits per heavy atom. The summed E-state index contributed by atoms with van der Waals surface area (Å²) in [6.45, 7) is 7.48. The summed E-state index contributed by atoms with van der Waals surface area (Å²) in [5.41, 5.74) is 0. The van der Waals surface area contributed by atoms with Crippen LogP contribution < -0.4 is 10.4 Å². The van der Waals surface area contributed by atoms with Crippen LogP contribution in [-0.4, -0.2) is 14.9 Å². The van der Waals surface area contributed by atoms with E-state index in [0.29, 0.717) is 6.61 Å². The van der Waals surface area contributed by atoms with E-state index in [1.54, 1.807) is 0 Å². The van der Waals surface area contributed by atoms with E-state index in [2.05, 4.69) is 97.4 Å². The Morgan fingerprint density at radius 2 is 1.36 bits per heavy atom. The first kappa shape index (κ1) is 17.2. The third kappa shape index (κ3) is 3.42. The van der Waals surface area contributed by atoms with Gasteiger partial charge in [0.05, 0.1) is 6.61 Å². The average Bonchev–Trinajstić information content (AvgIpc) is 2.52. The smallest absolute Gasteiger partial charge is 0.261 e. The third-order valence-electron chi connectivity index (χ3n) is 3.90. The van der Waals surface area contributed by atoms with Crippen molar-refractivity contribution in [3.8, 4) is 0 Å². The first-order valence-electron chi connectivity index (χ1n) is 7.52. The van der Waals surface area contributed by atoms with Crippen molar-refractivity contribution in [2.24, 2.45) is 0 Å². The molecule has 0 bridgehead atoms. The molecule has 0 unspecified atom stereocenters. The molecule has 0 fully saturated rings. The van der Waals surface area contributed by atoms with Crippen LogP contribution in [0.15, 0.2) is 71.7 Å². The highest BCUT2D eigenvalue weighted by Gasteiger charge is 2.49. The summed E-state index contributed by atoms with van der Waals surface area (Å²) in [6, 6.07) is 21.4. The summed E-state index contributed by atoms with van der Waals surface area (Å²) in [5.74, 6) is 0. The first-order valence-corrected chi connectivity index (χ1v) is 10.3. The molecule has 2 aromatic rings. The van der Waals surface area contributed by atoms with E-state index >= 15 is 0 Å². The van der Waals surface area contributed by atoms with E-state index in [9.17, 15) is 0 Å².